The van der Waals surface area contributed by atoms with Crippen LogP contribution in [0.2, 0.25) is 0 Å². The minimum Gasteiger partial charge on any atom is -0.326 e. The molecule has 1 aliphatic rings. The van der Waals surface area contributed by atoms with Crippen molar-refractivity contribution in [1.82, 2.24) is 4.90 Å². The molecule has 0 bridgehead atoms. The van der Waals surface area contributed by atoms with Gasteiger partial charge in [-0.25, -0.2) is 0 Å². The van der Waals surface area contributed by atoms with Gasteiger partial charge in [0.25, 0.3) is 0 Å². The van der Waals surface area contributed by atoms with Gasteiger partial charge in [0.15, 0.2) is 0 Å². The minimum atomic E-state index is 0.682. The van der Waals surface area contributed by atoms with Gasteiger partial charge in [0.05, 0.1) is 0 Å². The van der Waals surface area contributed by atoms with E-state index in [1.54, 1.807) is 0 Å². The molecule has 1 aliphatic heterocycles. The van der Waals surface area contributed by atoms with Crippen LogP contribution in [0.1, 0.15) is 35.9 Å². The minimum absolute atomic E-state index is 0.682. The van der Waals surface area contributed by atoms with Gasteiger partial charge in [-0.15, -0.1) is 11.3 Å². The predicted molar refractivity (Wildman–Crippen MR) is 70.5 cm³/mol. The average Bonchev–Trinajstić information content (AvgIpc) is 2.63. The summed E-state index contributed by atoms with van der Waals surface area (Å²) in [4.78, 5) is 5.36. The van der Waals surface area contributed by atoms with Gasteiger partial charge in [-0.05, 0) is 50.4 Å². The molecule has 2 nitrogen and oxygen atoms in total. The average molecular weight is 238 g/mol. The maximum atomic E-state index is 5.64. The lowest BCUT2D eigenvalue weighted by atomic mass is 10.0. The summed E-state index contributed by atoms with van der Waals surface area (Å²) in [5.74, 6) is 0.910. The summed E-state index contributed by atoms with van der Waals surface area (Å²) in [7, 11) is 0. The van der Waals surface area contributed by atoms with Crippen molar-refractivity contribution in [2.75, 3.05) is 13.1 Å². The maximum absolute atomic E-state index is 5.64. The first-order chi connectivity index (χ1) is 7.78. The largest absolute Gasteiger partial charge is 0.326 e. The number of hydrogen-bond acceptors (Lipinski definition) is 3. The van der Waals surface area contributed by atoms with Crippen LogP contribution in [0.15, 0.2) is 12.1 Å². The second-order valence-corrected chi connectivity index (χ2v) is 6.14. The van der Waals surface area contributed by atoms with E-state index in [4.69, 9.17) is 5.73 Å². The lowest BCUT2D eigenvalue weighted by Crippen LogP contribution is -2.23. The Morgan fingerprint density at radius 1 is 1.31 bits per heavy atom. The molecule has 16 heavy (non-hydrogen) atoms. The number of nitrogens with zero attached hydrogens (tertiary/aromatic N) is 1. The number of rotatable bonds is 3. The van der Waals surface area contributed by atoms with E-state index in [1.165, 1.54) is 42.1 Å². The topological polar surface area (TPSA) is 29.3 Å². The lowest BCUT2D eigenvalue weighted by Gasteiger charge is -2.18. The third-order valence-electron chi connectivity index (χ3n) is 3.41. The van der Waals surface area contributed by atoms with Gasteiger partial charge in [-0.2, -0.15) is 0 Å². The standard InChI is InChI=1S/C13H22N2S/c1-11-3-2-7-15(8-6-11)10-13-5-4-12(9-14)16-13/h4-5,11H,2-3,6-10,14H2,1H3. The summed E-state index contributed by atoms with van der Waals surface area (Å²) >= 11 is 1.87. The number of likely N-dealkylation sites (tertiary alicyclic amines) is 1. The van der Waals surface area contributed by atoms with Crippen molar-refractivity contribution in [2.45, 2.75) is 39.3 Å². The lowest BCUT2D eigenvalue weighted by molar-refractivity contribution is 0.276. The van der Waals surface area contributed by atoms with E-state index in [2.05, 4.69) is 24.0 Å². The first kappa shape index (κ1) is 12.1. The molecule has 0 aliphatic carbocycles. The highest BCUT2D eigenvalue weighted by Crippen LogP contribution is 2.21. The van der Waals surface area contributed by atoms with Crippen molar-refractivity contribution < 1.29 is 0 Å². The molecule has 0 spiro atoms. The van der Waals surface area contributed by atoms with E-state index in [9.17, 15) is 0 Å². The fourth-order valence-electron chi connectivity index (χ4n) is 2.32. The van der Waals surface area contributed by atoms with Gasteiger partial charge in [-0.1, -0.05) is 6.92 Å². The summed E-state index contributed by atoms with van der Waals surface area (Å²) in [5.41, 5.74) is 5.64. The van der Waals surface area contributed by atoms with Crippen LogP contribution >= 0.6 is 11.3 Å². The third kappa shape index (κ3) is 3.30. The van der Waals surface area contributed by atoms with E-state index in [-0.39, 0.29) is 0 Å². The van der Waals surface area contributed by atoms with Crippen LogP contribution < -0.4 is 5.73 Å². The Bertz CT molecular complexity index is 321. The Balaban J connectivity index is 1.88. The number of thiophene rings is 1. The summed E-state index contributed by atoms with van der Waals surface area (Å²) < 4.78 is 0. The van der Waals surface area contributed by atoms with Crippen molar-refractivity contribution in [3.63, 3.8) is 0 Å². The quantitative estimate of drug-likeness (QED) is 0.877. The Kier molecular flexibility index (Phi) is 4.38. The molecule has 1 aromatic rings. The number of nitrogens with two attached hydrogens (primary N) is 1. The summed E-state index contributed by atoms with van der Waals surface area (Å²) in [6.45, 7) is 6.71. The molecule has 1 atom stereocenters. The molecule has 1 unspecified atom stereocenters. The van der Waals surface area contributed by atoms with E-state index >= 15 is 0 Å². The predicted octanol–water partition coefficient (Wildman–Crippen LogP) is 2.83. The fraction of sp³-hybridized carbons (Fsp3) is 0.692. The molecule has 1 saturated heterocycles. The van der Waals surface area contributed by atoms with E-state index < -0.39 is 0 Å². The monoisotopic (exact) mass is 238 g/mol. The molecule has 0 radical (unpaired) electrons. The van der Waals surface area contributed by atoms with Gasteiger partial charge in [0, 0.05) is 22.8 Å². The first-order valence-electron chi connectivity index (χ1n) is 6.28. The Morgan fingerprint density at radius 2 is 2.12 bits per heavy atom. The number of hydrogen-bond donors (Lipinski definition) is 1. The van der Waals surface area contributed by atoms with Gasteiger partial charge in [-0.3, -0.25) is 4.90 Å². The smallest absolute Gasteiger partial charge is 0.0328 e. The van der Waals surface area contributed by atoms with Crippen molar-refractivity contribution in [3.8, 4) is 0 Å². The van der Waals surface area contributed by atoms with Crippen LogP contribution in [-0.2, 0) is 13.1 Å². The molecular weight excluding hydrogens is 216 g/mol. The van der Waals surface area contributed by atoms with Crippen LogP contribution in [0.4, 0.5) is 0 Å². The zero-order valence-electron chi connectivity index (χ0n) is 10.1. The molecule has 2 heterocycles. The summed E-state index contributed by atoms with van der Waals surface area (Å²) in [6, 6.07) is 4.40. The second kappa shape index (κ2) is 5.80. The molecule has 1 aromatic heterocycles. The zero-order chi connectivity index (χ0) is 11.4. The van der Waals surface area contributed by atoms with E-state index in [0.29, 0.717) is 6.54 Å². The van der Waals surface area contributed by atoms with E-state index in [0.717, 1.165) is 12.5 Å². The maximum Gasteiger partial charge on any atom is 0.0328 e. The van der Waals surface area contributed by atoms with Gasteiger partial charge >= 0.3 is 0 Å². The van der Waals surface area contributed by atoms with Crippen LogP contribution in [0.5, 0.6) is 0 Å². The van der Waals surface area contributed by atoms with Gasteiger partial charge < -0.3 is 5.73 Å². The summed E-state index contributed by atoms with van der Waals surface area (Å²) in [5, 5.41) is 0. The molecule has 0 saturated carbocycles. The normalized spacial score (nSPS) is 23.2. The Morgan fingerprint density at radius 3 is 2.88 bits per heavy atom. The molecule has 0 amide bonds. The van der Waals surface area contributed by atoms with Crippen LogP contribution in [0, 0.1) is 5.92 Å². The molecule has 3 heteroatoms. The third-order valence-corrected chi connectivity index (χ3v) is 4.50. The van der Waals surface area contributed by atoms with E-state index in [1.807, 2.05) is 11.3 Å². The Hall–Kier alpha value is -0.380. The van der Waals surface area contributed by atoms with Crippen molar-refractivity contribution in [2.24, 2.45) is 11.7 Å². The molecule has 0 aromatic carbocycles. The van der Waals surface area contributed by atoms with Crippen molar-refractivity contribution >= 4 is 11.3 Å². The SMILES string of the molecule is CC1CCCN(Cc2ccc(CN)s2)CC1. The van der Waals surface area contributed by atoms with Crippen LogP contribution in [-0.4, -0.2) is 18.0 Å². The first-order valence-corrected chi connectivity index (χ1v) is 7.09. The van der Waals surface area contributed by atoms with Gasteiger partial charge in [0.1, 0.15) is 0 Å². The molecule has 2 N–H and O–H groups in total. The molecule has 2 rings (SSSR count). The highest BCUT2D eigenvalue weighted by Gasteiger charge is 2.14. The Labute approximate surface area is 102 Å². The van der Waals surface area contributed by atoms with Crippen LogP contribution in [0.3, 0.4) is 0 Å². The highest BCUT2D eigenvalue weighted by atomic mass is 32.1. The fourth-order valence-corrected chi connectivity index (χ4v) is 3.26. The van der Waals surface area contributed by atoms with Gasteiger partial charge in [0.2, 0.25) is 0 Å². The zero-order valence-corrected chi connectivity index (χ0v) is 10.9. The molecule has 90 valence electrons. The van der Waals surface area contributed by atoms with Crippen LogP contribution in [0.25, 0.3) is 0 Å². The molecule has 1 fully saturated rings. The molecular formula is C13H22N2S. The van der Waals surface area contributed by atoms with Crippen molar-refractivity contribution in [1.29, 1.82) is 0 Å². The highest BCUT2D eigenvalue weighted by molar-refractivity contribution is 7.11. The second-order valence-electron chi connectivity index (χ2n) is 4.88. The summed E-state index contributed by atoms with van der Waals surface area (Å²) in [6.07, 6.45) is 4.11. The van der Waals surface area contributed by atoms with Crippen molar-refractivity contribution in [3.05, 3.63) is 21.9 Å².